The number of thioether (sulfide) groups is 1. The van der Waals surface area contributed by atoms with Crippen molar-refractivity contribution in [2.45, 2.75) is 11.4 Å². The number of aromatic nitrogens is 2. The van der Waals surface area contributed by atoms with Crippen LogP contribution in [0, 0.1) is 5.82 Å². The van der Waals surface area contributed by atoms with Crippen LogP contribution in [0.1, 0.15) is 21.5 Å². The predicted octanol–water partition coefficient (Wildman–Crippen LogP) is 4.44. The Kier molecular flexibility index (Phi) is 4.24. The third-order valence-electron chi connectivity index (χ3n) is 4.04. The Morgan fingerprint density at radius 2 is 2.04 bits per heavy atom. The lowest BCUT2D eigenvalue weighted by molar-refractivity contribution is 0.103. The quantitative estimate of drug-likeness (QED) is 0.655. The van der Waals surface area contributed by atoms with Gasteiger partial charge in [0.15, 0.2) is 5.78 Å². The maximum atomic E-state index is 13.4. The molecule has 0 aliphatic carbocycles. The van der Waals surface area contributed by atoms with Gasteiger partial charge in [0.25, 0.3) is 0 Å². The van der Waals surface area contributed by atoms with Gasteiger partial charge < -0.3 is 0 Å². The molecule has 0 bridgehead atoms. The van der Waals surface area contributed by atoms with Crippen molar-refractivity contribution < 1.29 is 9.18 Å². The van der Waals surface area contributed by atoms with Crippen molar-refractivity contribution in [1.29, 1.82) is 0 Å². The monoisotopic (exact) mass is 350 g/mol. The molecule has 1 aliphatic rings. The molecule has 5 heteroatoms. The lowest BCUT2D eigenvalue weighted by atomic mass is 10.0. The molecule has 0 N–H and O–H groups in total. The van der Waals surface area contributed by atoms with E-state index in [9.17, 15) is 9.18 Å². The second kappa shape index (κ2) is 6.69. The zero-order valence-corrected chi connectivity index (χ0v) is 14.2. The minimum Gasteiger partial charge on any atom is -0.289 e. The highest BCUT2D eigenvalue weighted by atomic mass is 32.2. The van der Waals surface area contributed by atoms with E-state index in [4.69, 9.17) is 0 Å². The average molecular weight is 350 g/mol. The molecule has 0 saturated heterocycles. The fraction of sp³-hybridized carbons (Fsp3) is 0.100. The summed E-state index contributed by atoms with van der Waals surface area (Å²) in [5.74, 6) is 0.0927. The van der Waals surface area contributed by atoms with Crippen molar-refractivity contribution in [2.75, 3.05) is 5.75 Å². The van der Waals surface area contributed by atoms with Gasteiger partial charge in [0.1, 0.15) is 5.82 Å². The lowest BCUT2D eigenvalue weighted by Crippen LogP contribution is -2.12. The van der Waals surface area contributed by atoms with Gasteiger partial charge in [-0.3, -0.25) is 9.48 Å². The van der Waals surface area contributed by atoms with Gasteiger partial charge in [-0.05, 0) is 29.8 Å². The second-order valence-corrected chi connectivity index (χ2v) is 6.90. The fourth-order valence-corrected chi connectivity index (χ4v) is 3.82. The standard InChI is InChI=1S/C20H15FN2OS/c21-17-6-7-19-18(9-17)20(24)16(13-25-19)8-15-10-22-23(12-15)11-14-4-2-1-3-5-14/h1-10,12H,11,13H2. The fourth-order valence-electron chi connectivity index (χ4n) is 2.82. The van der Waals surface area contributed by atoms with Gasteiger partial charge in [-0.25, -0.2) is 4.39 Å². The molecular formula is C20H15FN2OS. The second-order valence-electron chi connectivity index (χ2n) is 5.88. The summed E-state index contributed by atoms with van der Waals surface area (Å²) in [5, 5.41) is 4.35. The zero-order chi connectivity index (χ0) is 17.2. The first kappa shape index (κ1) is 15.8. The number of rotatable bonds is 3. The molecule has 0 fully saturated rings. The number of ketones is 1. The molecular weight excluding hydrogens is 335 g/mol. The molecule has 4 rings (SSSR count). The maximum absolute atomic E-state index is 13.4. The van der Waals surface area contributed by atoms with E-state index in [0.717, 1.165) is 10.5 Å². The first-order valence-corrected chi connectivity index (χ1v) is 8.91. The number of benzene rings is 2. The molecule has 3 aromatic rings. The third kappa shape index (κ3) is 3.42. The Morgan fingerprint density at radius 3 is 2.88 bits per heavy atom. The minimum absolute atomic E-state index is 0.107. The Balaban J connectivity index is 1.56. The number of hydrogen-bond acceptors (Lipinski definition) is 3. The molecule has 0 atom stereocenters. The summed E-state index contributed by atoms with van der Waals surface area (Å²) in [7, 11) is 0. The van der Waals surface area contributed by atoms with Crippen LogP contribution < -0.4 is 0 Å². The van der Waals surface area contributed by atoms with Gasteiger partial charge in [-0.1, -0.05) is 30.3 Å². The average Bonchev–Trinajstić information content (AvgIpc) is 3.06. The van der Waals surface area contributed by atoms with Crippen LogP contribution in [0.4, 0.5) is 4.39 Å². The summed E-state index contributed by atoms with van der Waals surface area (Å²) >= 11 is 1.55. The molecule has 0 amide bonds. The highest BCUT2D eigenvalue weighted by Crippen LogP contribution is 2.33. The Bertz CT molecular complexity index is 963. The van der Waals surface area contributed by atoms with E-state index in [2.05, 4.69) is 5.10 Å². The number of nitrogens with zero attached hydrogens (tertiary/aromatic N) is 2. The van der Waals surface area contributed by atoms with Crippen molar-refractivity contribution in [3.05, 3.63) is 89.0 Å². The number of halogens is 1. The predicted molar refractivity (Wildman–Crippen MR) is 97.2 cm³/mol. The van der Waals surface area contributed by atoms with Crippen molar-refractivity contribution in [2.24, 2.45) is 0 Å². The van der Waals surface area contributed by atoms with E-state index in [1.807, 2.05) is 47.3 Å². The van der Waals surface area contributed by atoms with Crippen molar-refractivity contribution >= 4 is 23.6 Å². The zero-order valence-electron chi connectivity index (χ0n) is 13.4. The molecule has 2 heterocycles. The number of fused-ring (bicyclic) bond motifs is 1. The largest absolute Gasteiger partial charge is 0.289 e. The van der Waals surface area contributed by atoms with Crippen LogP contribution in [0.25, 0.3) is 6.08 Å². The molecule has 1 aromatic heterocycles. The van der Waals surface area contributed by atoms with Crippen LogP contribution >= 0.6 is 11.8 Å². The number of Topliss-reactive ketones (excluding diaryl/α,β-unsaturated/α-hetero) is 1. The van der Waals surface area contributed by atoms with Crippen LogP contribution in [0.3, 0.4) is 0 Å². The molecule has 3 nitrogen and oxygen atoms in total. The Morgan fingerprint density at radius 1 is 1.20 bits per heavy atom. The van der Waals surface area contributed by atoms with E-state index in [0.29, 0.717) is 23.4 Å². The van der Waals surface area contributed by atoms with Crippen LogP contribution in [0.2, 0.25) is 0 Å². The van der Waals surface area contributed by atoms with Gasteiger partial charge in [0, 0.05) is 33.5 Å². The van der Waals surface area contributed by atoms with Gasteiger partial charge in [-0.15, -0.1) is 11.8 Å². The molecule has 124 valence electrons. The maximum Gasteiger partial charge on any atom is 0.191 e. The van der Waals surface area contributed by atoms with Crippen LogP contribution in [0.5, 0.6) is 0 Å². The molecule has 2 aromatic carbocycles. The van der Waals surface area contributed by atoms with Gasteiger partial charge in [-0.2, -0.15) is 5.10 Å². The molecule has 25 heavy (non-hydrogen) atoms. The lowest BCUT2D eigenvalue weighted by Gasteiger charge is -2.16. The highest BCUT2D eigenvalue weighted by Gasteiger charge is 2.23. The SMILES string of the molecule is O=C1C(=Cc2cnn(Cc3ccccc3)c2)CSc2ccc(F)cc21. The summed E-state index contributed by atoms with van der Waals surface area (Å²) in [6, 6.07) is 14.4. The van der Waals surface area contributed by atoms with E-state index in [1.165, 1.54) is 17.7 Å². The smallest absolute Gasteiger partial charge is 0.191 e. The van der Waals surface area contributed by atoms with Gasteiger partial charge in [0.2, 0.25) is 0 Å². The summed E-state index contributed by atoms with van der Waals surface area (Å²) in [4.78, 5) is 13.4. The van der Waals surface area contributed by atoms with Crippen LogP contribution in [-0.2, 0) is 6.54 Å². The van der Waals surface area contributed by atoms with Crippen molar-refractivity contribution in [1.82, 2.24) is 9.78 Å². The van der Waals surface area contributed by atoms with E-state index in [-0.39, 0.29) is 11.6 Å². The highest BCUT2D eigenvalue weighted by molar-refractivity contribution is 7.99. The number of carbonyl (C=O) groups excluding carboxylic acids is 1. The van der Waals surface area contributed by atoms with E-state index >= 15 is 0 Å². The number of hydrogen-bond donors (Lipinski definition) is 0. The van der Waals surface area contributed by atoms with Crippen LogP contribution in [-0.4, -0.2) is 21.3 Å². The minimum atomic E-state index is -0.385. The molecule has 0 radical (unpaired) electrons. The first-order chi connectivity index (χ1) is 12.2. The topological polar surface area (TPSA) is 34.9 Å². The Labute approximate surface area is 149 Å². The third-order valence-corrected chi connectivity index (χ3v) is 5.16. The Hall–Kier alpha value is -2.66. The normalized spacial score (nSPS) is 15.4. The number of carbonyl (C=O) groups is 1. The summed E-state index contributed by atoms with van der Waals surface area (Å²) < 4.78 is 15.3. The van der Waals surface area contributed by atoms with Gasteiger partial charge >= 0.3 is 0 Å². The summed E-state index contributed by atoms with van der Waals surface area (Å²) in [6.07, 6.45) is 5.51. The van der Waals surface area contributed by atoms with Crippen LogP contribution in [0.15, 0.2) is 71.4 Å². The van der Waals surface area contributed by atoms with E-state index < -0.39 is 0 Å². The molecule has 0 saturated carbocycles. The van der Waals surface area contributed by atoms with Crippen molar-refractivity contribution in [3.63, 3.8) is 0 Å². The van der Waals surface area contributed by atoms with Gasteiger partial charge in [0.05, 0.1) is 12.7 Å². The molecule has 0 spiro atoms. The van der Waals surface area contributed by atoms with Crippen molar-refractivity contribution in [3.8, 4) is 0 Å². The first-order valence-electron chi connectivity index (χ1n) is 7.93. The summed E-state index contributed by atoms with van der Waals surface area (Å²) in [5.41, 5.74) is 3.15. The van der Waals surface area contributed by atoms with E-state index in [1.54, 1.807) is 24.0 Å². The summed E-state index contributed by atoms with van der Waals surface area (Å²) in [6.45, 7) is 0.681. The molecule has 0 unspecified atom stereocenters. The molecule has 1 aliphatic heterocycles.